The third-order valence-corrected chi connectivity index (χ3v) is 3.03. The van der Waals surface area contributed by atoms with Gasteiger partial charge in [0.2, 0.25) is 0 Å². The van der Waals surface area contributed by atoms with Gasteiger partial charge in [0.15, 0.2) is 12.0 Å². The zero-order valence-corrected chi connectivity index (χ0v) is 11.9. The van der Waals surface area contributed by atoms with Crippen LogP contribution in [0.15, 0.2) is 59.4 Å². The van der Waals surface area contributed by atoms with Gasteiger partial charge in [0, 0.05) is 12.1 Å². The van der Waals surface area contributed by atoms with Crippen molar-refractivity contribution in [3.8, 4) is 11.5 Å². The number of hydrogen-bond donors (Lipinski definition) is 0. The second kappa shape index (κ2) is 6.13. The van der Waals surface area contributed by atoms with Gasteiger partial charge < -0.3 is 13.9 Å². The molecule has 22 heavy (non-hydrogen) atoms. The number of hydrogen-bond acceptors (Lipinski definition) is 5. The summed E-state index contributed by atoms with van der Waals surface area (Å²) in [5, 5.41) is 0. The van der Waals surface area contributed by atoms with Gasteiger partial charge in [0.05, 0.1) is 7.11 Å². The number of carbonyl (C=O) groups excluding carboxylic acids is 1. The first-order valence-corrected chi connectivity index (χ1v) is 6.62. The minimum Gasteiger partial charge on any atom is -0.497 e. The number of ether oxygens (including phenoxy) is 2. The summed E-state index contributed by atoms with van der Waals surface area (Å²) in [6.07, 6.45) is 4.38. The zero-order chi connectivity index (χ0) is 15.4. The molecule has 0 spiro atoms. The van der Waals surface area contributed by atoms with Crippen LogP contribution in [0.4, 0.5) is 0 Å². The van der Waals surface area contributed by atoms with E-state index in [2.05, 4.69) is 4.98 Å². The highest BCUT2D eigenvalue weighted by atomic mass is 16.5. The van der Waals surface area contributed by atoms with E-state index in [-0.39, 0.29) is 0 Å². The first-order chi connectivity index (χ1) is 10.7. The quantitative estimate of drug-likeness (QED) is 0.419. The minimum atomic E-state index is -0.467. The summed E-state index contributed by atoms with van der Waals surface area (Å²) in [6, 6.07) is 12.4. The number of benzene rings is 2. The summed E-state index contributed by atoms with van der Waals surface area (Å²) in [4.78, 5) is 15.8. The maximum absolute atomic E-state index is 11.8. The molecule has 0 saturated carbocycles. The zero-order valence-electron chi connectivity index (χ0n) is 11.9. The lowest BCUT2D eigenvalue weighted by atomic mass is 10.2. The molecule has 0 aliphatic carbocycles. The number of methoxy groups -OCH3 is 1. The average Bonchev–Trinajstić information content (AvgIpc) is 3.01. The number of carbonyl (C=O) groups is 1. The third kappa shape index (κ3) is 3.15. The van der Waals surface area contributed by atoms with Crippen molar-refractivity contribution in [3.63, 3.8) is 0 Å². The van der Waals surface area contributed by atoms with Crippen molar-refractivity contribution in [1.29, 1.82) is 0 Å². The second-order valence-corrected chi connectivity index (χ2v) is 4.51. The Morgan fingerprint density at radius 2 is 2.09 bits per heavy atom. The fraction of sp³-hybridized carbons (Fsp3) is 0.0588. The fourth-order valence-electron chi connectivity index (χ4n) is 1.96. The summed E-state index contributed by atoms with van der Waals surface area (Å²) in [5.41, 5.74) is 2.14. The van der Waals surface area contributed by atoms with Gasteiger partial charge in [0.1, 0.15) is 17.0 Å². The van der Waals surface area contributed by atoms with E-state index < -0.39 is 5.97 Å². The van der Waals surface area contributed by atoms with Crippen LogP contribution in [-0.4, -0.2) is 18.1 Å². The van der Waals surface area contributed by atoms with Crippen LogP contribution in [0.5, 0.6) is 11.5 Å². The van der Waals surface area contributed by atoms with E-state index in [4.69, 9.17) is 13.9 Å². The summed E-state index contributed by atoms with van der Waals surface area (Å²) in [5.74, 6) is 0.680. The Balaban J connectivity index is 1.69. The Hall–Kier alpha value is -3.08. The van der Waals surface area contributed by atoms with E-state index in [1.807, 2.05) is 24.3 Å². The summed E-state index contributed by atoms with van der Waals surface area (Å²) < 4.78 is 15.5. The molecule has 0 saturated heterocycles. The predicted molar refractivity (Wildman–Crippen MR) is 81.7 cm³/mol. The van der Waals surface area contributed by atoms with Gasteiger partial charge in [-0.15, -0.1) is 0 Å². The fourth-order valence-corrected chi connectivity index (χ4v) is 1.96. The molecule has 0 radical (unpaired) electrons. The minimum absolute atomic E-state index is 0.418. The number of oxazole rings is 1. The smallest absolute Gasteiger partial charge is 0.336 e. The number of rotatable bonds is 4. The average molecular weight is 295 g/mol. The van der Waals surface area contributed by atoms with Crippen molar-refractivity contribution in [3.05, 3.63) is 60.5 Å². The molecule has 2 aromatic carbocycles. The van der Waals surface area contributed by atoms with Gasteiger partial charge in [-0.1, -0.05) is 12.1 Å². The van der Waals surface area contributed by atoms with Crippen LogP contribution in [0.2, 0.25) is 0 Å². The molecule has 0 bridgehead atoms. The molecule has 110 valence electrons. The Bertz CT molecular complexity index is 835. The maximum Gasteiger partial charge on any atom is 0.336 e. The summed E-state index contributed by atoms with van der Waals surface area (Å²) in [7, 11) is 1.59. The molecule has 0 amide bonds. The van der Waals surface area contributed by atoms with E-state index in [0.717, 1.165) is 11.3 Å². The maximum atomic E-state index is 11.8. The first-order valence-electron chi connectivity index (χ1n) is 6.62. The molecule has 3 rings (SSSR count). The molecule has 0 fully saturated rings. The molecule has 0 unspecified atom stereocenters. The number of nitrogens with zero attached hydrogens (tertiary/aromatic N) is 1. The van der Waals surface area contributed by atoms with Crippen LogP contribution in [-0.2, 0) is 4.79 Å². The van der Waals surface area contributed by atoms with E-state index in [1.165, 1.54) is 12.5 Å². The SMILES string of the molecule is COc1cccc(/C=C/C(=O)Oc2ccc3ocnc3c2)c1. The highest BCUT2D eigenvalue weighted by molar-refractivity contribution is 5.89. The molecule has 0 aliphatic heterocycles. The number of aromatic nitrogens is 1. The van der Waals surface area contributed by atoms with E-state index in [0.29, 0.717) is 16.8 Å². The van der Waals surface area contributed by atoms with E-state index in [1.54, 1.807) is 31.4 Å². The van der Waals surface area contributed by atoms with Gasteiger partial charge >= 0.3 is 5.97 Å². The first kappa shape index (κ1) is 13.9. The number of fused-ring (bicyclic) bond motifs is 1. The lowest BCUT2D eigenvalue weighted by Crippen LogP contribution is -2.03. The Morgan fingerprint density at radius 3 is 2.95 bits per heavy atom. The Kier molecular flexibility index (Phi) is 3.87. The van der Waals surface area contributed by atoms with Crippen LogP contribution in [0.25, 0.3) is 17.2 Å². The largest absolute Gasteiger partial charge is 0.497 e. The molecule has 0 N–H and O–H groups in total. The van der Waals surface area contributed by atoms with E-state index in [9.17, 15) is 4.79 Å². The van der Waals surface area contributed by atoms with Crippen LogP contribution in [0, 0.1) is 0 Å². The van der Waals surface area contributed by atoms with Crippen LogP contribution < -0.4 is 9.47 Å². The van der Waals surface area contributed by atoms with Crippen LogP contribution in [0.3, 0.4) is 0 Å². The van der Waals surface area contributed by atoms with Crippen molar-refractivity contribution in [1.82, 2.24) is 4.98 Å². The normalized spacial score (nSPS) is 11.0. The van der Waals surface area contributed by atoms with Crippen molar-refractivity contribution in [2.45, 2.75) is 0 Å². The third-order valence-electron chi connectivity index (χ3n) is 3.03. The molecule has 0 aliphatic rings. The Labute approximate surface area is 126 Å². The van der Waals surface area contributed by atoms with Crippen molar-refractivity contribution in [2.24, 2.45) is 0 Å². The summed E-state index contributed by atoms with van der Waals surface area (Å²) in [6.45, 7) is 0. The van der Waals surface area contributed by atoms with Crippen molar-refractivity contribution in [2.75, 3.05) is 7.11 Å². The molecule has 1 heterocycles. The van der Waals surface area contributed by atoms with Crippen LogP contribution >= 0.6 is 0 Å². The molecule has 0 atom stereocenters. The highest BCUT2D eigenvalue weighted by Gasteiger charge is 2.04. The highest BCUT2D eigenvalue weighted by Crippen LogP contribution is 2.20. The lowest BCUT2D eigenvalue weighted by Gasteiger charge is -2.01. The second-order valence-electron chi connectivity index (χ2n) is 4.51. The molecule has 5 nitrogen and oxygen atoms in total. The van der Waals surface area contributed by atoms with Gasteiger partial charge in [-0.3, -0.25) is 0 Å². The number of esters is 1. The predicted octanol–water partition coefficient (Wildman–Crippen LogP) is 3.46. The molecular weight excluding hydrogens is 282 g/mol. The van der Waals surface area contributed by atoms with Crippen LogP contribution in [0.1, 0.15) is 5.56 Å². The monoisotopic (exact) mass is 295 g/mol. The molecule has 3 aromatic rings. The van der Waals surface area contributed by atoms with Gasteiger partial charge in [0.25, 0.3) is 0 Å². The topological polar surface area (TPSA) is 61.6 Å². The molecule has 1 aromatic heterocycles. The standard InChI is InChI=1S/C17H13NO4/c1-20-13-4-2-3-12(9-13)5-8-17(19)22-14-6-7-16-15(10-14)18-11-21-16/h2-11H,1H3/b8-5+. The molecule has 5 heteroatoms. The summed E-state index contributed by atoms with van der Waals surface area (Å²) >= 11 is 0. The van der Waals surface area contributed by atoms with Gasteiger partial charge in [-0.05, 0) is 35.9 Å². The van der Waals surface area contributed by atoms with Gasteiger partial charge in [-0.2, -0.15) is 0 Å². The lowest BCUT2D eigenvalue weighted by molar-refractivity contribution is -0.128. The van der Waals surface area contributed by atoms with Crippen molar-refractivity contribution >= 4 is 23.1 Å². The van der Waals surface area contributed by atoms with Crippen molar-refractivity contribution < 1.29 is 18.7 Å². The Morgan fingerprint density at radius 1 is 1.18 bits per heavy atom. The van der Waals surface area contributed by atoms with E-state index >= 15 is 0 Å². The van der Waals surface area contributed by atoms with Gasteiger partial charge in [-0.25, -0.2) is 9.78 Å². The molecular formula is C17H13NO4.